The van der Waals surface area contributed by atoms with Crippen molar-refractivity contribution in [3.05, 3.63) is 153 Å². The molecule has 1 aliphatic heterocycles. The summed E-state index contributed by atoms with van der Waals surface area (Å²) in [7, 11) is 0. The molecule has 0 spiro atoms. The highest BCUT2D eigenvalue weighted by Crippen LogP contribution is 2.65. The minimum atomic E-state index is -0.0469. The molecule has 2 fully saturated rings. The molecule has 0 radical (unpaired) electrons. The van der Waals surface area contributed by atoms with Gasteiger partial charge in [0.15, 0.2) is 0 Å². The molecule has 0 saturated heterocycles. The van der Waals surface area contributed by atoms with Crippen molar-refractivity contribution in [1.29, 1.82) is 0 Å². The minimum absolute atomic E-state index is 0.0469. The molecule has 0 amide bonds. The molecule has 296 valence electrons. The first kappa shape index (κ1) is 37.3. The summed E-state index contributed by atoms with van der Waals surface area (Å²) in [4.78, 5) is 5.51. The molecule has 1 heterocycles. The van der Waals surface area contributed by atoms with Gasteiger partial charge in [-0.3, -0.25) is 5.32 Å². The van der Waals surface area contributed by atoms with Gasteiger partial charge in [-0.25, -0.2) is 4.99 Å². The smallest absolute Gasteiger partial charge is 0.127 e. The van der Waals surface area contributed by atoms with E-state index in [0.29, 0.717) is 46.8 Å². The lowest BCUT2D eigenvalue weighted by atomic mass is 9.68. The van der Waals surface area contributed by atoms with Crippen LogP contribution >= 0.6 is 0 Å². The molecule has 10 rings (SSSR count). The summed E-state index contributed by atoms with van der Waals surface area (Å²) in [5.41, 5.74) is 14.2. The molecule has 9 aliphatic carbocycles. The number of fused-ring (bicyclic) bond motifs is 6. The predicted octanol–water partition coefficient (Wildman–Crippen LogP) is 12.4. The van der Waals surface area contributed by atoms with E-state index in [9.17, 15) is 0 Å². The highest BCUT2D eigenvalue weighted by Gasteiger charge is 2.57. The van der Waals surface area contributed by atoms with Gasteiger partial charge >= 0.3 is 0 Å². The summed E-state index contributed by atoms with van der Waals surface area (Å²) in [6, 6.07) is 0. The quantitative estimate of drug-likeness (QED) is 0.274. The molecule has 2 saturated carbocycles. The normalized spacial score (nSPS) is 39.6. The fourth-order valence-electron chi connectivity index (χ4n) is 13.3. The first-order chi connectivity index (χ1) is 27.4. The van der Waals surface area contributed by atoms with E-state index in [2.05, 4.69) is 162 Å². The maximum absolute atomic E-state index is 5.51. The molecule has 10 unspecified atom stereocenters. The lowest BCUT2D eigenvalue weighted by Crippen LogP contribution is -2.56. The van der Waals surface area contributed by atoms with E-state index in [1.807, 2.05) is 0 Å². The summed E-state index contributed by atoms with van der Waals surface area (Å²) >= 11 is 0. The number of aliphatic imine (C=N–C) groups is 1. The molecule has 0 aromatic heterocycles. The average molecular weight is 756 g/mol. The zero-order chi connectivity index (χ0) is 39.3. The zero-order valence-corrected chi connectivity index (χ0v) is 35.6. The second-order valence-corrected chi connectivity index (χ2v) is 20.7. The summed E-state index contributed by atoms with van der Waals surface area (Å²) in [5.74, 6) is 5.35. The number of rotatable bonds is 5. The Morgan fingerprint density at radius 2 is 1.44 bits per heavy atom. The van der Waals surface area contributed by atoms with Crippen LogP contribution in [0.25, 0.3) is 0 Å². The van der Waals surface area contributed by atoms with E-state index in [1.54, 1.807) is 16.7 Å². The lowest BCUT2D eigenvalue weighted by Gasteiger charge is -2.38. The highest BCUT2D eigenvalue weighted by molar-refractivity contribution is 6.00. The van der Waals surface area contributed by atoms with Crippen LogP contribution in [-0.4, -0.2) is 18.2 Å². The fraction of sp³-hybridized carbons (Fsp3) is 0.500. The van der Waals surface area contributed by atoms with E-state index in [1.165, 1.54) is 46.3 Å². The van der Waals surface area contributed by atoms with Crippen LogP contribution < -0.4 is 10.6 Å². The number of hydrogen-bond acceptors (Lipinski definition) is 3. The lowest BCUT2D eigenvalue weighted by molar-refractivity contribution is 0.196. The van der Waals surface area contributed by atoms with Gasteiger partial charge in [0.1, 0.15) is 18.2 Å². The Kier molecular flexibility index (Phi) is 9.05. The van der Waals surface area contributed by atoms with E-state index < -0.39 is 0 Å². The standard InChI is InChI=1S/C54H65N3/c1-33-17-26-44-43(29-33)42-25-23-39(31-47(42)52(44,3)4)38-22-24-41(34(2)30-38)51-56-49(36-13-9-8-10-14-36)55-50(57-51)37-20-18-35(19-21-37)40-27-28-54(7)46-16-12-11-15-45(46)53(5,6)48(54)32-40/h8-9,11-13,15-18,20,22-27,32-34,43-47,49,51,56H,10,14,19,21,28-31H2,1-7H3,(H,55,57). The number of nitrogens with one attached hydrogen (secondary N) is 2. The molecule has 10 aliphatic rings. The maximum atomic E-state index is 5.51. The van der Waals surface area contributed by atoms with Crippen LogP contribution in [-0.2, 0) is 0 Å². The summed E-state index contributed by atoms with van der Waals surface area (Å²) in [5, 5.41) is 7.87. The van der Waals surface area contributed by atoms with Gasteiger partial charge in [0.2, 0.25) is 0 Å². The Bertz CT molecular complexity index is 2190. The molecule has 57 heavy (non-hydrogen) atoms. The largest absolute Gasteiger partial charge is 0.351 e. The second-order valence-electron chi connectivity index (χ2n) is 20.7. The number of allylic oxidation sites excluding steroid dienone is 23. The predicted molar refractivity (Wildman–Crippen MR) is 239 cm³/mol. The summed E-state index contributed by atoms with van der Waals surface area (Å²) in [6.07, 6.45) is 50.1. The Hall–Kier alpha value is -3.95. The molecule has 3 heteroatoms. The van der Waals surface area contributed by atoms with Crippen molar-refractivity contribution in [2.45, 2.75) is 112 Å². The van der Waals surface area contributed by atoms with E-state index >= 15 is 0 Å². The minimum Gasteiger partial charge on any atom is -0.351 e. The fourth-order valence-corrected chi connectivity index (χ4v) is 13.3. The third-order valence-corrected chi connectivity index (χ3v) is 16.7. The van der Waals surface area contributed by atoms with Gasteiger partial charge in [0.25, 0.3) is 0 Å². The summed E-state index contributed by atoms with van der Waals surface area (Å²) < 4.78 is 0. The Labute approximate surface area is 343 Å². The molecule has 0 bridgehead atoms. The van der Waals surface area contributed by atoms with Crippen LogP contribution in [0.15, 0.2) is 158 Å². The molecule has 3 nitrogen and oxygen atoms in total. The van der Waals surface area contributed by atoms with E-state index in [4.69, 9.17) is 4.99 Å². The first-order valence-electron chi connectivity index (χ1n) is 22.6. The van der Waals surface area contributed by atoms with Gasteiger partial charge < -0.3 is 5.32 Å². The molecule has 0 aromatic rings. The maximum Gasteiger partial charge on any atom is 0.127 e. The third-order valence-electron chi connectivity index (χ3n) is 16.7. The SMILES string of the molecule is CC1C=CC2C(C1)C1=CC=C(C3=CC=C(C4N=C(C5=CC=C(C6=CCC7(C)C(=C6)C(C)(C)C6C=CC=CC67)CC5)NC(C5=CC=CCC5)N4)C(C)C3)CC1C2(C)C. The van der Waals surface area contributed by atoms with Crippen LogP contribution in [0.5, 0.6) is 0 Å². The van der Waals surface area contributed by atoms with Crippen LogP contribution in [0.1, 0.15) is 99.8 Å². The van der Waals surface area contributed by atoms with Crippen molar-refractivity contribution < 1.29 is 0 Å². The molecule has 10 atom stereocenters. The average Bonchev–Trinajstić information content (AvgIpc) is 3.56. The van der Waals surface area contributed by atoms with E-state index in [0.717, 1.165) is 44.4 Å². The summed E-state index contributed by atoms with van der Waals surface area (Å²) in [6.45, 7) is 17.4. The Morgan fingerprint density at radius 1 is 0.702 bits per heavy atom. The second kappa shape index (κ2) is 13.8. The van der Waals surface area contributed by atoms with Crippen LogP contribution in [0.2, 0.25) is 0 Å². The van der Waals surface area contributed by atoms with Gasteiger partial charge in [0.05, 0.1) is 0 Å². The van der Waals surface area contributed by atoms with Gasteiger partial charge in [-0.15, -0.1) is 0 Å². The van der Waals surface area contributed by atoms with Crippen molar-refractivity contribution in [1.82, 2.24) is 10.6 Å². The van der Waals surface area contributed by atoms with Crippen molar-refractivity contribution in [3.63, 3.8) is 0 Å². The number of nitrogens with zero attached hydrogens (tertiary/aromatic N) is 1. The number of amidine groups is 1. The van der Waals surface area contributed by atoms with Gasteiger partial charge in [0, 0.05) is 0 Å². The first-order valence-corrected chi connectivity index (χ1v) is 22.6. The highest BCUT2D eigenvalue weighted by atomic mass is 15.3. The van der Waals surface area contributed by atoms with Crippen LogP contribution in [0.4, 0.5) is 0 Å². The molecular formula is C54H65N3. The van der Waals surface area contributed by atoms with E-state index in [-0.39, 0.29) is 23.2 Å². The van der Waals surface area contributed by atoms with Crippen molar-refractivity contribution in [2.24, 2.45) is 62.7 Å². The monoisotopic (exact) mass is 756 g/mol. The molecular weight excluding hydrogens is 691 g/mol. The van der Waals surface area contributed by atoms with Gasteiger partial charge in [-0.2, -0.15) is 0 Å². The molecule has 2 N–H and O–H groups in total. The van der Waals surface area contributed by atoms with Crippen molar-refractivity contribution >= 4 is 5.84 Å². The number of hydrogen-bond donors (Lipinski definition) is 2. The van der Waals surface area contributed by atoms with Crippen molar-refractivity contribution in [3.8, 4) is 0 Å². The third kappa shape index (κ3) is 6.11. The van der Waals surface area contributed by atoms with Gasteiger partial charge in [-0.1, -0.05) is 163 Å². The van der Waals surface area contributed by atoms with Crippen LogP contribution in [0.3, 0.4) is 0 Å². The van der Waals surface area contributed by atoms with Crippen LogP contribution in [0, 0.1) is 57.7 Å². The van der Waals surface area contributed by atoms with Crippen molar-refractivity contribution in [2.75, 3.05) is 0 Å². The topological polar surface area (TPSA) is 36.4 Å². The Balaban J connectivity index is 0.918. The Morgan fingerprint density at radius 3 is 2.19 bits per heavy atom. The molecule has 0 aromatic carbocycles. The zero-order valence-electron chi connectivity index (χ0n) is 35.6. The van der Waals surface area contributed by atoms with Gasteiger partial charge in [-0.05, 0) is 148 Å².